The first kappa shape index (κ1) is 22.8. The molecule has 1 fully saturated rings. The number of hydrogen-bond acceptors (Lipinski definition) is 3. The molecule has 3 aromatic rings. The van der Waals surface area contributed by atoms with Gasteiger partial charge in [0.2, 0.25) is 11.8 Å². The number of hydrogen-bond donors (Lipinski definition) is 2. The van der Waals surface area contributed by atoms with E-state index in [4.69, 9.17) is 0 Å². The largest absolute Gasteiger partial charge is 0.348 e. The first-order valence-corrected chi connectivity index (χ1v) is 11.6. The van der Waals surface area contributed by atoms with Gasteiger partial charge >= 0.3 is 0 Å². The van der Waals surface area contributed by atoms with Crippen LogP contribution in [0.4, 0.5) is 5.69 Å². The van der Waals surface area contributed by atoms with Crippen LogP contribution in [0.25, 0.3) is 0 Å². The lowest BCUT2D eigenvalue weighted by molar-refractivity contribution is -0.130. The summed E-state index contributed by atoms with van der Waals surface area (Å²) >= 11 is 0. The van der Waals surface area contributed by atoms with E-state index in [9.17, 15) is 9.59 Å². The molecule has 1 aromatic heterocycles. The van der Waals surface area contributed by atoms with Crippen LogP contribution in [0.2, 0.25) is 0 Å². The minimum Gasteiger partial charge on any atom is -0.348 e. The number of aromatic nitrogens is 2. The molecule has 1 saturated heterocycles. The second-order valence-corrected chi connectivity index (χ2v) is 9.06. The lowest BCUT2D eigenvalue weighted by atomic mass is 9.85. The molecule has 6 heteroatoms. The summed E-state index contributed by atoms with van der Waals surface area (Å²) in [6, 6.07) is 14.5. The van der Waals surface area contributed by atoms with Crippen LogP contribution < -0.4 is 5.32 Å². The van der Waals surface area contributed by atoms with Gasteiger partial charge in [-0.25, -0.2) is 4.98 Å². The Hall–Kier alpha value is -3.41. The molecule has 0 radical (unpaired) electrons. The topological polar surface area (TPSA) is 78.1 Å². The summed E-state index contributed by atoms with van der Waals surface area (Å²) in [5.41, 5.74) is 6.64. The van der Waals surface area contributed by atoms with Gasteiger partial charge in [-0.05, 0) is 67.0 Å². The molecule has 172 valence electrons. The molecule has 1 unspecified atom stereocenters. The number of aryl methyl sites for hydroxylation is 1. The molecule has 0 aliphatic carbocycles. The van der Waals surface area contributed by atoms with E-state index >= 15 is 0 Å². The zero-order chi connectivity index (χ0) is 23.4. The molecule has 2 amide bonds. The Balaban J connectivity index is 1.51. The second kappa shape index (κ2) is 10.0. The number of carbonyl (C=O) groups excluding carboxylic acids is 2. The van der Waals surface area contributed by atoms with E-state index in [0.29, 0.717) is 12.3 Å². The van der Waals surface area contributed by atoms with Crippen molar-refractivity contribution >= 4 is 17.5 Å². The van der Waals surface area contributed by atoms with Gasteiger partial charge in [0.25, 0.3) is 0 Å². The average Bonchev–Trinajstić information content (AvgIpc) is 3.32. The maximum atomic E-state index is 12.8. The first-order valence-electron chi connectivity index (χ1n) is 11.6. The molecule has 1 atom stereocenters. The fourth-order valence-electron chi connectivity index (χ4n) is 4.76. The number of imidazole rings is 1. The molecule has 1 aliphatic heterocycles. The average molecular weight is 445 g/mol. The number of H-pyrrole nitrogens is 1. The van der Waals surface area contributed by atoms with E-state index in [2.05, 4.69) is 59.5 Å². The van der Waals surface area contributed by atoms with Crippen molar-refractivity contribution in [1.29, 1.82) is 0 Å². The van der Waals surface area contributed by atoms with Crippen LogP contribution in [0.15, 0.2) is 55.0 Å². The minimum atomic E-state index is 0.000148. The summed E-state index contributed by atoms with van der Waals surface area (Å²) in [4.78, 5) is 33.7. The highest BCUT2D eigenvalue weighted by atomic mass is 16.2. The summed E-state index contributed by atoms with van der Waals surface area (Å²) in [6.07, 6.45) is 5.81. The van der Waals surface area contributed by atoms with Gasteiger partial charge in [-0.1, -0.05) is 30.3 Å². The summed E-state index contributed by atoms with van der Waals surface area (Å²) in [7, 11) is 0. The van der Waals surface area contributed by atoms with Crippen molar-refractivity contribution in [2.24, 2.45) is 5.92 Å². The third-order valence-electron chi connectivity index (χ3n) is 6.83. The zero-order valence-electron chi connectivity index (χ0n) is 19.6. The highest BCUT2D eigenvalue weighted by molar-refractivity contribution is 5.91. The molecule has 2 aromatic carbocycles. The number of likely N-dealkylation sites (tertiary alicyclic amines) is 1. The van der Waals surface area contributed by atoms with Gasteiger partial charge in [0.05, 0.1) is 12.2 Å². The van der Waals surface area contributed by atoms with E-state index < -0.39 is 0 Å². The van der Waals surface area contributed by atoms with Crippen LogP contribution >= 0.6 is 0 Å². The number of benzene rings is 2. The Labute approximate surface area is 195 Å². The summed E-state index contributed by atoms with van der Waals surface area (Å²) < 4.78 is 0. The standard InChI is InChI=1S/C27H32N4O2/c1-18-6-4-9-24(19(18)2)27(25-16-28-17-29-25)22-7-5-8-23(15-22)30-26(33)14-21-10-12-31(13-11-21)20(3)32/h4-9,15-17,21,27H,10-14H2,1-3H3,(H,28,29)(H,30,33). The van der Waals surface area contributed by atoms with Crippen LogP contribution in [0.3, 0.4) is 0 Å². The molecule has 6 nitrogen and oxygen atoms in total. The summed E-state index contributed by atoms with van der Waals surface area (Å²) in [5, 5.41) is 3.10. The van der Waals surface area contributed by atoms with Crippen LogP contribution in [0.5, 0.6) is 0 Å². The molecule has 1 aliphatic rings. The predicted molar refractivity (Wildman–Crippen MR) is 130 cm³/mol. The minimum absolute atomic E-state index is 0.000148. The fraction of sp³-hybridized carbons (Fsp3) is 0.370. The smallest absolute Gasteiger partial charge is 0.224 e. The number of rotatable bonds is 6. The number of aromatic amines is 1. The highest BCUT2D eigenvalue weighted by Gasteiger charge is 2.24. The Morgan fingerprint density at radius 1 is 1.15 bits per heavy atom. The van der Waals surface area contributed by atoms with Crippen molar-refractivity contribution in [3.63, 3.8) is 0 Å². The van der Waals surface area contributed by atoms with E-state index in [1.807, 2.05) is 23.2 Å². The molecule has 33 heavy (non-hydrogen) atoms. The van der Waals surface area contributed by atoms with Crippen LogP contribution in [-0.2, 0) is 9.59 Å². The fourth-order valence-corrected chi connectivity index (χ4v) is 4.76. The number of nitrogens with one attached hydrogen (secondary N) is 2. The number of amides is 2. The quantitative estimate of drug-likeness (QED) is 0.574. The molecule has 0 spiro atoms. The van der Waals surface area contributed by atoms with Crippen molar-refractivity contribution in [1.82, 2.24) is 14.9 Å². The van der Waals surface area contributed by atoms with Crippen molar-refractivity contribution in [3.8, 4) is 0 Å². The Kier molecular flexibility index (Phi) is 6.92. The van der Waals surface area contributed by atoms with Crippen molar-refractivity contribution in [2.75, 3.05) is 18.4 Å². The van der Waals surface area contributed by atoms with Gasteiger partial charge in [-0.2, -0.15) is 0 Å². The third-order valence-corrected chi connectivity index (χ3v) is 6.83. The van der Waals surface area contributed by atoms with Crippen molar-refractivity contribution in [3.05, 3.63) is 82.9 Å². The Morgan fingerprint density at radius 2 is 1.91 bits per heavy atom. The van der Waals surface area contributed by atoms with E-state index in [1.54, 1.807) is 13.3 Å². The molecule has 4 rings (SSSR count). The zero-order valence-corrected chi connectivity index (χ0v) is 19.6. The van der Waals surface area contributed by atoms with Gasteiger partial charge in [0.1, 0.15) is 0 Å². The maximum absolute atomic E-state index is 12.8. The Bertz CT molecular complexity index is 1110. The van der Waals surface area contributed by atoms with Crippen LogP contribution in [-0.4, -0.2) is 39.8 Å². The molecule has 2 N–H and O–H groups in total. The summed E-state index contributed by atoms with van der Waals surface area (Å²) in [5.74, 6) is 0.459. The normalized spacial score (nSPS) is 15.3. The predicted octanol–water partition coefficient (Wildman–Crippen LogP) is 4.79. The van der Waals surface area contributed by atoms with Crippen molar-refractivity contribution < 1.29 is 9.59 Å². The Morgan fingerprint density at radius 3 is 2.61 bits per heavy atom. The van der Waals surface area contributed by atoms with Crippen LogP contribution in [0, 0.1) is 19.8 Å². The summed E-state index contributed by atoms with van der Waals surface area (Å²) in [6.45, 7) is 7.36. The van der Waals surface area contributed by atoms with Crippen LogP contribution in [0.1, 0.15) is 60.1 Å². The van der Waals surface area contributed by atoms with Gasteiger partial charge in [-0.3, -0.25) is 9.59 Å². The first-order chi connectivity index (χ1) is 15.9. The van der Waals surface area contributed by atoms with E-state index in [1.165, 1.54) is 16.7 Å². The third kappa shape index (κ3) is 5.33. The molecular weight excluding hydrogens is 412 g/mol. The van der Waals surface area contributed by atoms with Gasteiger partial charge in [0.15, 0.2) is 0 Å². The molecule has 2 heterocycles. The van der Waals surface area contributed by atoms with Crippen molar-refractivity contribution in [2.45, 2.75) is 46.0 Å². The molecule has 0 saturated carbocycles. The highest BCUT2D eigenvalue weighted by Crippen LogP contribution is 2.34. The van der Waals surface area contributed by atoms with Gasteiger partial charge in [0, 0.05) is 44.0 Å². The SMILES string of the molecule is CC(=O)N1CCC(CC(=O)Nc2cccc(C(c3cnc[nH]3)c3cccc(C)c3C)c2)CC1. The lowest BCUT2D eigenvalue weighted by Crippen LogP contribution is -2.37. The number of anilines is 1. The second-order valence-electron chi connectivity index (χ2n) is 9.06. The monoisotopic (exact) mass is 444 g/mol. The maximum Gasteiger partial charge on any atom is 0.224 e. The molecule has 0 bridgehead atoms. The lowest BCUT2D eigenvalue weighted by Gasteiger charge is -2.31. The number of piperidine rings is 1. The van der Waals surface area contributed by atoms with E-state index in [-0.39, 0.29) is 17.7 Å². The molecular formula is C27H32N4O2. The van der Waals surface area contributed by atoms with Gasteiger partial charge < -0.3 is 15.2 Å². The number of carbonyl (C=O) groups is 2. The van der Waals surface area contributed by atoms with E-state index in [0.717, 1.165) is 42.9 Å². The number of nitrogens with zero attached hydrogens (tertiary/aromatic N) is 2. The van der Waals surface area contributed by atoms with Gasteiger partial charge in [-0.15, -0.1) is 0 Å².